The molecule has 0 aromatic carbocycles. The van der Waals surface area contributed by atoms with Gasteiger partial charge in [-0.25, -0.2) is 19.3 Å². The molecule has 29 heavy (non-hydrogen) atoms. The molecule has 9 heteroatoms. The number of carbonyl (C=O) groups excluding carboxylic acids is 1. The average Bonchev–Trinajstić information content (AvgIpc) is 3.13. The Morgan fingerprint density at radius 1 is 1.34 bits per heavy atom. The van der Waals surface area contributed by atoms with Crippen LogP contribution in [0.15, 0.2) is 18.5 Å². The van der Waals surface area contributed by atoms with Crippen molar-refractivity contribution in [1.29, 1.82) is 0 Å². The highest BCUT2D eigenvalue weighted by Crippen LogP contribution is 2.35. The van der Waals surface area contributed by atoms with Crippen LogP contribution < -0.4 is 10.6 Å². The van der Waals surface area contributed by atoms with E-state index in [0.717, 1.165) is 37.1 Å². The molecule has 3 heterocycles. The molecule has 0 radical (unpaired) electrons. The third-order valence-electron chi connectivity index (χ3n) is 5.48. The van der Waals surface area contributed by atoms with Crippen molar-refractivity contribution in [2.45, 2.75) is 44.6 Å². The minimum absolute atomic E-state index is 0.111. The maximum atomic E-state index is 14.5. The van der Waals surface area contributed by atoms with E-state index in [9.17, 15) is 9.18 Å². The molecule has 0 spiro atoms. The van der Waals surface area contributed by atoms with E-state index in [1.165, 1.54) is 6.20 Å². The van der Waals surface area contributed by atoms with Crippen molar-refractivity contribution in [3.63, 3.8) is 0 Å². The number of aromatic nitrogens is 3. The number of nitrogens with one attached hydrogen (secondary N) is 2. The fraction of sp³-hybridized carbons (Fsp3) is 0.500. The van der Waals surface area contributed by atoms with Gasteiger partial charge in [0.15, 0.2) is 11.6 Å². The van der Waals surface area contributed by atoms with Crippen LogP contribution in [0.1, 0.15) is 49.9 Å². The fourth-order valence-corrected chi connectivity index (χ4v) is 4.23. The van der Waals surface area contributed by atoms with Crippen molar-refractivity contribution in [3.8, 4) is 0 Å². The van der Waals surface area contributed by atoms with Gasteiger partial charge < -0.3 is 15.4 Å². The molecule has 1 unspecified atom stereocenters. The lowest BCUT2D eigenvalue weighted by Gasteiger charge is -2.31. The summed E-state index contributed by atoms with van der Waals surface area (Å²) in [5.41, 5.74) is 0.886. The number of esters is 1. The van der Waals surface area contributed by atoms with E-state index in [1.807, 2.05) is 6.07 Å². The van der Waals surface area contributed by atoms with E-state index < -0.39 is 5.82 Å². The molecule has 4 rings (SSSR count). The molecule has 1 fully saturated rings. The number of halogens is 2. The molecular formula is C20H23ClFN5O2. The van der Waals surface area contributed by atoms with Crippen molar-refractivity contribution < 1.29 is 13.9 Å². The summed E-state index contributed by atoms with van der Waals surface area (Å²) in [5.74, 6) is 0.0538. The van der Waals surface area contributed by atoms with Crippen LogP contribution in [0.5, 0.6) is 0 Å². The Balaban J connectivity index is 1.58. The molecule has 1 aliphatic carbocycles. The van der Waals surface area contributed by atoms with E-state index in [-0.39, 0.29) is 29.7 Å². The van der Waals surface area contributed by atoms with Gasteiger partial charge in [0.2, 0.25) is 0 Å². The zero-order valence-electron chi connectivity index (χ0n) is 16.1. The largest absolute Gasteiger partial charge is 0.466 e. The topological polar surface area (TPSA) is 89.0 Å². The zero-order valence-corrected chi connectivity index (χ0v) is 16.9. The van der Waals surface area contributed by atoms with Crippen molar-refractivity contribution in [3.05, 3.63) is 40.7 Å². The summed E-state index contributed by atoms with van der Waals surface area (Å²) in [6, 6.07) is 1.61. The first-order valence-corrected chi connectivity index (χ1v) is 10.3. The van der Waals surface area contributed by atoms with Gasteiger partial charge in [-0.2, -0.15) is 0 Å². The summed E-state index contributed by atoms with van der Waals surface area (Å²) in [6.07, 6.45) is 6.15. The highest BCUT2D eigenvalue weighted by Gasteiger charge is 2.33. The van der Waals surface area contributed by atoms with Crippen LogP contribution in [0.4, 0.5) is 16.0 Å². The van der Waals surface area contributed by atoms with E-state index in [4.69, 9.17) is 16.3 Å². The second-order valence-corrected chi connectivity index (χ2v) is 7.78. The Kier molecular flexibility index (Phi) is 5.80. The van der Waals surface area contributed by atoms with Gasteiger partial charge in [0.25, 0.3) is 0 Å². The molecule has 2 N–H and O–H groups in total. The Morgan fingerprint density at radius 2 is 2.17 bits per heavy atom. The van der Waals surface area contributed by atoms with Gasteiger partial charge in [0, 0.05) is 24.3 Å². The minimum Gasteiger partial charge on any atom is -0.466 e. The summed E-state index contributed by atoms with van der Waals surface area (Å²) >= 11 is 6.09. The van der Waals surface area contributed by atoms with Gasteiger partial charge in [-0.1, -0.05) is 24.4 Å². The zero-order chi connectivity index (χ0) is 20.4. The molecule has 1 aliphatic heterocycles. The number of rotatable bonds is 5. The van der Waals surface area contributed by atoms with Crippen molar-refractivity contribution >= 4 is 29.2 Å². The fourth-order valence-electron chi connectivity index (χ4n) is 4.07. The Morgan fingerprint density at radius 3 is 3.00 bits per heavy atom. The average molecular weight is 420 g/mol. The van der Waals surface area contributed by atoms with Gasteiger partial charge in [-0.3, -0.25) is 4.79 Å². The van der Waals surface area contributed by atoms with Gasteiger partial charge in [0.1, 0.15) is 11.6 Å². The monoisotopic (exact) mass is 419 g/mol. The third-order valence-corrected chi connectivity index (χ3v) is 5.69. The first-order valence-electron chi connectivity index (χ1n) is 9.91. The van der Waals surface area contributed by atoms with Crippen LogP contribution in [0, 0.1) is 11.7 Å². The summed E-state index contributed by atoms with van der Waals surface area (Å²) in [6.45, 7) is 2.68. The Hall–Kier alpha value is -2.48. The molecule has 0 amide bonds. The third kappa shape index (κ3) is 4.12. The number of anilines is 2. The molecule has 2 aliphatic rings. The van der Waals surface area contributed by atoms with Crippen molar-refractivity contribution in [2.75, 3.05) is 23.8 Å². The quantitative estimate of drug-likeness (QED) is 0.713. The SMILES string of the molecule is CCOC(=O)[C@@H]1CCCC[C@H]1Nc1nc(C2CNc3ncc(Cl)cc32)ncc1F. The number of hydrogen-bond donors (Lipinski definition) is 2. The molecule has 0 saturated heterocycles. The molecule has 7 nitrogen and oxygen atoms in total. The van der Waals surface area contributed by atoms with Crippen LogP contribution in [0.3, 0.4) is 0 Å². The number of ether oxygens (including phenoxy) is 1. The highest BCUT2D eigenvalue weighted by molar-refractivity contribution is 6.30. The molecule has 2 aromatic rings. The molecule has 0 bridgehead atoms. The second kappa shape index (κ2) is 8.49. The standard InChI is InChI=1S/C20H23ClFN5O2/c1-2-29-20(28)12-5-3-4-6-16(12)26-19-15(22)10-25-18(27-19)14-9-24-17-13(14)7-11(21)8-23-17/h7-8,10,12,14,16H,2-6,9H2,1H3,(H,23,24)(H,25,26,27)/t12-,14?,16-/m1/s1. The number of carbonyl (C=O) groups is 1. The first kappa shape index (κ1) is 19.8. The maximum Gasteiger partial charge on any atom is 0.311 e. The normalized spacial score (nSPS) is 23.2. The Bertz CT molecular complexity index is 912. The molecule has 154 valence electrons. The van der Waals surface area contributed by atoms with Crippen LogP contribution in [0.25, 0.3) is 0 Å². The number of nitrogens with zero attached hydrogens (tertiary/aromatic N) is 3. The lowest BCUT2D eigenvalue weighted by molar-refractivity contribution is -0.149. The predicted molar refractivity (Wildman–Crippen MR) is 108 cm³/mol. The Labute approximate surface area is 173 Å². The lowest BCUT2D eigenvalue weighted by Crippen LogP contribution is -2.38. The molecule has 1 saturated carbocycles. The van der Waals surface area contributed by atoms with Crippen LogP contribution in [0.2, 0.25) is 5.02 Å². The number of pyridine rings is 1. The van der Waals surface area contributed by atoms with E-state index in [2.05, 4.69) is 25.6 Å². The van der Waals surface area contributed by atoms with E-state index in [0.29, 0.717) is 24.0 Å². The summed E-state index contributed by atoms with van der Waals surface area (Å²) in [4.78, 5) is 25.2. The van der Waals surface area contributed by atoms with Crippen LogP contribution in [-0.4, -0.2) is 40.1 Å². The second-order valence-electron chi connectivity index (χ2n) is 7.34. The van der Waals surface area contributed by atoms with Crippen LogP contribution in [-0.2, 0) is 9.53 Å². The summed E-state index contributed by atoms with van der Waals surface area (Å²) in [7, 11) is 0. The minimum atomic E-state index is -0.544. The smallest absolute Gasteiger partial charge is 0.311 e. The number of hydrogen-bond acceptors (Lipinski definition) is 7. The lowest BCUT2D eigenvalue weighted by atomic mass is 9.84. The van der Waals surface area contributed by atoms with Gasteiger partial charge in [0.05, 0.1) is 29.7 Å². The highest BCUT2D eigenvalue weighted by atomic mass is 35.5. The van der Waals surface area contributed by atoms with Crippen molar-refractivity contribution in [1.82, 2.24) is 15.0 Å². The van der Waals surface area contributed by atoms with Gasteiger partial charge in [-0.05, 0) is 25.8 Å². The van der Waals surface area contributed by atoms with Gasteiger partial charge >= 0.3 is 5.97 Å². The molecule has 2 aromatic heterocycles. The first-order chi connectivity index (χ1) is 14.1. The number of fused-ring (bicyclic) bond motifs is 1. The van der Waals surface area contributed by atoms with E-state index in [1.54, 1.807) is 13.1 Å². The van der Waals surface area contributed by atoms with Crippen LogP contribution >= 0.6 is 11.6 Å². The van der Waals surface area contributed by atoms with E-state index >= 15 is 0 Å². The summed E-state index contributed by atoms with van der Waals surface area (Å²) in [5, 5.41) is 6.88. The van der Waals surface area contributed by atoms with Crippen molar-refractivity contribution in [2.24, 2.45) is 5.92 Å². The maximum absolute atomic E-state index is 14.5. The molecule has 3 atom stereocenters. The summed E-state index contributed by atoms with van der Waals surface area (Å²) < 4.78 is 19.7. The predicted octanol–water partition coefficient (Wildman–Crippen LogP) is 3.76. The van der Waals surface area contributed by atoms with Gasteiger partial charge in [-0.15, -0.1) is 0 Å². The molecular weight excluding hydrogens is 397 g/mol.